The maximum absolute atomic E-state index is 15.9. The van der Waals surface area contributed by atoms with Crippen LogP contribution >= 0.6 is 11.6 Å². The molecule has 0 saturated carbocycles. The van der Waals surface area contributed by atoms with Gasteiger partial charge in [-0.3, -0.25) is 0 Å². The third-order valence-electron chi connectivity index (χ3n) is 5.92. The number of aromatic nitrogens is 4. The monoisotopic (exact) mass is 497 g/mol. The summed E-state index contributed by atoms with van der Waals surface area (Å²) in [6, 6.07) is 6.97. The molecule has 0 amide bonds. The number of anilines is 1. The van der Waals surface area contributed by atoms with Crippen molar-refractivity contribution in [2.24, 2.45) is 0 Å². The third kappa shape index (κ3) is 4.68. The van der Waals surface area contributed by atoms with Crippen LogP contribution in [0, 0.1) is 11.6 Å². The molecule has 0 bridgehead atoms. The lowest BCUT2D eigenvalue weighted by molar-refractivity contribution is 0.294. The summed E-state index contributed by atoms with van der Waals surface area (Å²) in [6.07, 6.45) is 6.75. The molecule has 35 heavy (non-hydrogen) atoms. The Morgan fingerprint density at radius 2 is 1.77 bits per heavy atom. The fraction of sp³-hybridized carbons (Fsp3) is 0.280. The number of benzene rings is 2. The predicted octanol–water partition coefficient (Wildman–Crippen LogP) is 5.34. The molecular formula is C25H22ClF2N5O2. The normalized spacial score (nSPS) is 13.9. The fourth-order valence-corrected chi connectivity index (χ4v) is 4.54. The number of aromatic hydroxyl groups is 1. The molecule has 1 N–H and O–H groups in total. The van der Waals surface area contributed by atoms with E-state index in [4.69, 9.17) is 16.3 Å². The molecule has 1 aliphatic rings. The van der Waals surface area contributed by atoms with Gasteiger partial charge in [0.2, 0.25) is 0 Å². The zero-order valence-electron chi connectivity index (χ0n) is 18.7. The van der Waals surface area contributed by atoms with Crippen molar-refractivity contribution < 1.29 is 18.6 Å². The molecule has 1 saturated heterocycles. The Balaban J connectivity index is 1.61. The van der Waals surface area contributed by atoms with E-state index >= 15 is 4.39 Å². The van der Waals surface area contributed by atoms with Crippen molar-refractivity contribution in [2.45, 2.75) is 25.7 Å². The molecule has 5 rings (SSSR count). The zero-order valence-corrected chi connectivity index (χ0v) is 19.5. The van der Waals surface area contributed by atoms with Crippen molar-refractivity contribution in [2.75, 3.05) is 24.6 Å². The summed E-state index contributed by atoms with van der Waals surface area (Å²) in [5.74, 6) is -0.972. The second kappa shape index (κ2) is 9.95. The summed E-state index contributed by atoms with van der Waals surface area (Å²) in [4.78, 5) is 19.3. The van der Waals surface area contributed by atoms with E-state index in [1.165, 1.54) is 18.2 Å². The topological polar surface area (TPSA) is 84.3 Å². The molecule has 0 aliphatic carbocycles. The fourth-order valence-electron chi connectivity index (χ4n) is 4.25. The molecule has 10 heteroatoms. The molecule has 3 heterocycles. The number of phenols is 1. The van der Waals surface area contributed by atoms with Gasteiger partial charge in [0.15, 0.2) is 5.82 Å². The Labute approximate surface area is 205 Å². The second-order valence-corrected chi connectivity index (χ2v) is 8.63. The largest absolute Gasteiger partial charge is 0.507 e. The summed E-state index contributed by atoms with van der Waals surface area (Å²) in [6.45, 7) is 1.68. The average molecular weight is 498 g/mol. The predicted molar refractivity (Wildman–Crippen MR) is 129 cm³/mol. The number of piperidine rings is 1. The molecule has 0 spiro atoms. The lowest BCUT2D eigenvalue weighted by Crippen LogP contribution is -2.30. The highest BCUT2D eigenvalue weighted by atomic mass is 35.5. The quantitative estimate of drug-likeness (QED) is 0.385. The summed E-state index contributed by atoms with van der Waals surface area (Å²) < 4.78 is 36.3. The zero-order chi connectivity index (χ0) is 24.4. The van der Waals surface area contributed by atoms with E-state index in [0.717, 1.165) is 38.4 Å². The average Bonchev–Trinajstić information content (AvgIpc) is 2.87. The highest BCUT2D eigenvalue weighted by Gasteiger charge is 2.26. The number of hydrogen-bond acceptors (Lipinski definition) is 7. The van der Waals surface area contributed by atoms with Crippen LogP contribution in [0.2, 0.25) is 5.02 Å². The molecule has 2 aromatic heterocycles. The van der Waals surface area contributed by atoms with Crippen molar-refractivity contribution in [1.29, 1.82) is 0 Å². The minimum Gasteiger partial charge on any atom is -0.507 e. The van der Waals surface area contributed by atoms with Crippen molar-refractivity contribution in [3.05, 3.63) is 65.2 Å². The third-order valence-corrected chi connectivity index (χ3v) is 6.21. The first-order valence-corrected chi connectivity index (χ1v) is 11.7. The standard InChI is InChI=1S/C25H22ClF2N5O2/c26-16-14-15-23(22(28)20(16)21-17(27)6-4-7-18(21)34)31-25(32-24(15)33-11-2-1-3-12-33)35-13-8-19-29-9-5-10-30-19/h4-7,9-10,14,34H,1-3,8,11-13H2. The molecule has 1 fully saturated rings. The highest BCUT2D eigenvalue weighted by Crippen LogP contribution is 2.42. The second-order valence-electron chi connectivity index (χ2n) is 8.22. The number of rotatable bonds is 6. The van der Waals surface area contributed by atoms with E-state index in [0.29, 0.717) is 23.4 Å². The van der Waals surface area contributed by atoms with Crippen LogP contribution in [0.4, 0.5) is 14.6 Å². The van der Waals surface area contributed by atoms with E-state index in [1.807, 2.05) is 0 Å². The molecule has 1 aliphatic heterocycles. The number of phenolic OH excluding ortho intramolecular Hbond substituents is 1. The van der Waals surface area contributed by atoms with Gasteiger partial charge in [0.1, 0.15) is 28.7 Å². The summed E-state index contributed by atoms with van der Waals surface area (Å²) in [7, 11) is 0. The van der Waals surface area contributed by atoms with Gasteiger partial charge in [-0.2, -0.15) is 9.97 Å². The molecule has 0 atom stereocenters. The van der Waals surface area contributed by atoms with Crippen LogP contribution in [0.1, 0.15) is 25.1 Å². The van der Waals surface area contributed by atoms with Crippen molar-refractivity contribution in [3.63, 3.8) is 0 Å². The summed E-state index contributed by atoms with van der Waals surface area (Å²) in [5, 5.41) is 10.6. The van der Waals surface area contributed by atoms with Crippen molar-refractivity contribution in [3.8, 4) is 22.9 Å². The van der Waals surface area contributed by atoms with Crippen molar-refractivity contribution >= 4 is 28.3 Å². The van der Waals surface area contributed by atoms with Gasteiger partial charge in [-0.05, 0) is 43.5 Å². The van der Waals surface area contributed by atoms with E-state index in [-0.39, 0.29) is 34.3 Å². The van der Waals surface area contributed by atoms with Crippen LogP contribution in [0.5, 0.6) is 11.8 Å². The molecule has 4 aromatic rings. The molecule has 0 unspecified atom stereocenters. The van der Waals surface area contributed by atoms with Gasteiger partial charge >= 0.3 is 6.01 Å². The van der Waals surface area contributed by atoms with Gasteiger partial charge in [-0.1, -0.05) is 17.7 Å². The summed E-state index contributed by atoms with van der Waals surface area (Å²) >= 11 is 6.45. The van der Waals surface area contributed by atoms with E-state index in [9.17, 15) is 9.50 Å². The van der Waals surface area contributed by atoms with E-state index in [2.05, 4.69) is 24.8 Å². The Hall–Kier alpha value is -3.59. The number of hydrogen-bond donors (Lipinski definition) is 1. The number of halogens is 3. The van der Waals surface area contributed by atoms with Gasteiger partial charge < -0.3 is 14.7 Å². The van der Waals surface area contributed by atoms with Gasteiger partial charge in [0.05, 0.1) is 17.2 Å². The van der Waals surface area contributed by atoms with Crippen LogP contribution in [-0.4, -0.2) is 44.7 Å². The number of fused-ring (bicyclic) bond motifs is 1. The Morgan fingerprint density at radius 3 is 2.51 bits per heavy atom. The van der Waals surface area contributed by atoms with Crippen LogP contribution < -0.4 is 9.64 Å². The SMILES string of the molecule is Oc1cccc(F)c1-c1c(Cl)cc2c(N3CCCCC3)nc(OCCc3ncccn3)nc2c1F. The van der Waals surface area contributed by atoms with E-state index in [1.54, 1.807) is 18.5 Å². The first kappa shape index (κ1) is 23.2. The van der Waals surface area contributed by atoms with Crippen molar-refractivity contribution in [1.82, 2.24) is 19.9 Å². The molecule has 7 nitrogen and oxygen atoms in total. The first-order chi connectivity index (χ1) is 17.0. The van der Waals surface area contributed by atoms with Crippen LogP contribution in [-0.2, 0) is 6.42 Å². The minimum atomic E-state index is -0.857. The lowest BCUT2D eigenvalue weighted by Gasteiger charge is -2.29. The van der Waals surface area contributed by atoms with E-state index < -0.39 is 17.4 Å². The Bertz CT molecular complexity index is 1350. The van der Waals surface area contributed by atoms with Crippen LogP contribution in [0.15, 0.2) is 42.7 Å². The van der Waals surface area contributed by atoms with Gasteiger partial charge in [0, 0.05) is 42.9 Å². The maximum atomic E-state index is 15.9. The number of nitrogens with zero attached hydrogens (tertiary/aromatic N) is 5. The minimum absolute atomic E-state index is 0.0149. The van der Waals surface area contributed by atoms with Gasteiger partial charge in [0.25, 0.3) is 0 Å². The smallest absolute Gasteiger partial charge is 0.319 e. The lowest BCUT2D eigenvalue weighted by atomic mass is 10.0. The molecular weight excluding hydrogens is 476 g/mol. The first-order valence-electron chi connectivity index (χ1n) is 11.3. The summed E-state index contributed by atoms with van der Waals surface area (Å²) in [5.41, 5.74) is -0.644. The number of ether oxygens (including phenoxy) is 1. The maximum Gasteiger partial charge on any atom is 0.319 e. The van der Waals surface area contributed by atoms with Crippen LogP contribution in [0.25, 0.3) is 22.0 Å². The van der Waals surface area contributed by atoms with Crippen LogP contribution in [0.3, 0.4) is 0 Å². The Kier molecular flexibility index (Phi) is 6.59. The molecule has 2 aromatic carbocycles. The van der Waals surface area contributed by atoms with Gasteiger partial charge in [-0.25, -0.2) is 18.7 Å². The Morgan fingerprint density at radius 1 is 1.00 bits per heavy atom. The molecule has 0 radical (unpaired) electrons. The van der Waals surface area contributed by atoms with Gasteiger partial charge in [-0.15, -0.1) is 0 Å². The highest BCUT2D eigenvalue weighted by molar-refractivity contribution is 6.34. The molecule has 180 valence electrons.